The highest BCUT2D eigenvalue weighted by Crippen LogP contribution is 2.31. The highest BCUT2D eigenvalue weighted by Gasteiger charge is 2.35. The lowest BCUT2D eigenvalue weighted by Gasteiger charge is -2.43. The maximum atomic E-state index is 13.4. The third-order valence-electron chi connectivity index (χ3n) is 5.59. The smallest absolute Gasteiger partial charge is 0.191 e. The molecule has 0 radical (unpaired) electrons. The number of likely N-dealkylation sites (N-methyl/N-ethyl adjacent to an activating group) is 1. The first-order valence-corrected chi connectivity index (χ1v) is 10.3. The summed E-state index contributed by atoms with van der Waals surface area (Å²) in [4.78, 5) is 7.08. The van der Waals surface area contributed by atoms with Crippen molar-refractivity contribution in [3.8, 4) is 0 Å². The number of rotatable bonds is 7. The number of halogens is 2. The van der Waals surface area contributed by atoms with Gasteiger partial charge < -0.3 is 20.3 Å². The van der Waals surface area contributed by atoms with E-state index >= 15 is 0 Å². The van der Waals surface area contributed by atoms with E-state index in [0.29, 0.717) is 11.6 Å². The Kier molecular flexibility index (Phi) is 8.10. The van der Waals surface area contributed by atoms with Gasteiger partial charge in [0.25, 0.3) is 0 Å². The number of hydrogen-bond donors (Lipinski definition) is 2. The molecule has 0 aromatic heterocycles. The zero-order valence-corrected chi connectivity index (χ0v) is 18.5. The lowest BCUT2D eigenvalue weighted by molar-refractivity contribution is -0.00501. The van der Waals surface area contributed by atoms with E-state index in [-0.39, 0.29) is 16.8 Å². The van der Waals surface area contributed by atoms with Gasteiger partial charge in [0, 0.05) is 42.3 Å². The van der Waals surface area contributed by atoms with Crippen molar-refractivity contribution < 1.29 is 9.13 Å². The molecule has 2 N–H and O–H groups in total. The van der Waals surface area contributed by atoms with Crippen molar-refractivity contribution >= 4 is 17.6 Å². The Balaban J connectivity index is 2.10. The van der Waals surface area contributed by atoms with Crippen LogP contribution in [0.4, 0.5) is 4.39 Å². The predicted octanol–water partition coefficient (Wildman–Crippen LogP) is 3.42. The molecule has 1 aliphatic heterocycles. The van der Waals surface area contributed by atoms with Gasteiger partial charge in [-0.1, -0.05) is 31.5 Å². The number of hydrogen-bond acceptors (Lipinski definition) is 3. The summed E-state index contributed by atoms with van der Waals surface area (Å²) < 4.78 is 18.9. The van der Waals surface area contributed by atoms with Crippen molar-refractivity contribution in [2.75, 3.05) is 46.9 Å². The summed E-state index contributed by atoms with van der Waals surface area (Å²) in [6, 6.07) is 4.55. The average Bonchev–Trinajstić information content (AvgIpc) is 2.64. The Hall–Kier alpha value is -1.37. The highest BCUT2D eigenvalue weighted by atomic mass is 35.5. The van der Waals surface area contributed by atoms with E-state index in [2.05, 4.69) is 50.4 Å². The second kappa shape index (κ2) is 9.90. The fourth-order valence-electron chi connectivity index (χ4n) is 3.52. The topological polar surface area (TPSA) is 48.9 Å². The van der Waals surface area contributed by atoms with Crippen LogP contribution in [-0.4, -0.2) is 63.3 Å². The summed E-state index contributed by atoms with van der Waals surface area (Å²) in [6.07, 6.45) is 1.98. The number of nitrogens with one attached hydrogen (secondary N) is 2. The first-order chi connectivity index (χ1) is 13.2. The van der Waals surface area contributed by atoms with Crippen molar-refractivity contribution in [1.82, 2.24) is 15.5 Å². The van der Waals surface area contributed by atoms with E-state index < -0.39 is 0 Å². The quantitative estimate of drug-likeness (QED) is 0.532. The molecule has 1 heterocycles. The molecule has 1 saturated heterocycles. The van der Waals surface area contributed by atoms with Crippen molar-refractivity contribution in [2.45, 2.75) is 44.6 Å². The van der Waals surface area contributed by atoms with Gasteiger partial charge in [0.15, 0.2) is 5.96 Å². The van der Waals surface area contributed by atoms with Crippen LogP contribution in [0, 0.1) is 5.82 Å². The number of nitrogens with zero attached hydrogens (tertiary/aromatic N) is 2. The first-order valence-electron chi connectivity index (χ1n) is 9.93. The van der Waals surface area contributed by atoms with Crippen LogP contribution in [0.5, 0.6) is 0 Å². The van der Waals surface area contributed by atoms with E-state index in [1.165, 1.54) is 12.1 Å². The number of guanidine groups is 1. The van der Waals surface area contributed by atoms with Crippen LogP contribution in [0.25, 0.3) is 0 Å². The summed E-state index contributed by atoms with van der Waals surface area (Å²) in [6.45, 7) is 9.86. The van der Waals surface area contributed by atoms with Gasteiger partial charge >= 0.3 is 0 Å². The summed E-state index contributed by atoms with van der Waals surface area (Å²) in [5.41, 5.74) is 0.638. The minimum Gasteiger partial charge on any atom is -0.381 e. The van der Waals surface area contributed by atoms with Gasteiger partial charge in [0.2, 0.25) is 0 Å². The second-order valence-corrected chi connectivity index (χ2v) is 8.70. The molecule has 158 valence electrons. The van der Waals surface area contributed by atoms with Gasteiger partial charge in [-0.2, -0.15) is 0 Å². The van der Waals surface area contributed by atoms with Gasteiger partial charge in [-0.25, -0.2) is 4.39 Å². The fourth-order valence-corrected chi connectivity index (χ4v) is 3.95. The molecule has 0 spiro atoms. The van der Waals surface area contributed by atoms with Crippen LogP contribution in [0.3, 0.4) is 0 Å². The zero-order chi connectivity index (χ0) is 20.8. The molecule has 1 aromatic carbocycles. The van der Waals surface area contributed by atoms with Gasteiger partial charge in [0.05, 0.1) is 6.54 Å². The molecule has 5 nitrogen and oxygen atoms in total. The molecule has 1 fully saturated rings. The monoisotopic (exact) mass is 412 g/mol. The lowest BCUT2D eigenvalue weighted by atomic mass is 9.84. The molecular formula is C21H34ClFN4O. The van der Waals surface area contributed by atoms with Crippen LogP contribution in [0.15, 0.2) is 23.2 Å². The second-order valence-electron chi connectivity index (χ2n) is 8.29. The lowest BCUT2D eigenvalue weighted by Crippen LogP contribution is -2.57. The third-order valence-corrected chi connectivity index (χ3v) is 5.91. The average molecular weight is 413 g/mol. The van der Waals surface area contributed by atoms with Crippen LogP contribution in [-0.2, 0) is 10.2 Å². The maximum absolute atomic E-state index is 13.4. The fraction of sp³-hybridized carbons (Fsp3) is 0.667. The maximum Gasteiger partial charge on any atom is 0.191 e. The zero-order valence-electron chi connectivity index (χ0n) is 17.7. The summed E-state index contributed by atoms with van der Waals surface area (Å²) in [5, 5.41) is 7.27. The van der Waals surface area contributed by atoms with Gasteiger partial charge in [-0.15, -0.1) is 0 Å². The van der Waals surface area contributed by atoms with Crippen LogP contribution >= 0.6 is 11.6 Å². The molecular weight excluding hydrogens is 379 g/mol. The van der Waals surface area contributed by atoms with Crippen molar-refractivity contribution in [1.29, 1.82) is 0 Å². The van der Waals surface area contributed by atoms with Crippen molar-refractivity contribution in [3.05, 3.63) is 34.6 Å². The van der Waals surface area contributed by atoms with E-state index in [4.69, 9.17) is 21.3 Å². The SMILES string of the molecule is CCNC(=NCC(C)(C)c1ccc(F)cc1Cl)NCC1(N(C)C)CCOCC1. The Labute approximate surface area is 173 Å². The minimum atomic E-state index is -0.325. The van der Waals surface area contributed by atoms with Crippen LogP contribution < -0.4 is 10.6 Å². The number of benzene rings is 1. The Bertz CT molecular complexity index is 672. The molecule has 28 heavy (non-hydrogen) atoms. The largest absolute Gasteiger partial charge is 0.381 e. The van der Waals surface area contributed by atoms with E-state index in [0.717, 1.165) is 50.7 Å². The van der Waals surface area contributed by atoms with Crippen molar-refractivity contribution in [3.63, 3.8) is 0 Å². The molecule has 0 aliphatic carbocycles. The van der Waals surface area contributed by atoms with Gasteiger partial charge in [-0.3, -0.25) is 4.99 Å². The molecule has 0 amide bonds. The van der Waals surface area contributed by atoms with Crippen LogP contribution in [0.1, 0.15) is 39.2 Å². The molecule has 0 bridgehead atoms. The van der Waals surface area contributed by atoms with E-state index in [1.807, 2.05) is 0 Å². The van der Waals surface area contributed by atoms with Gasteiger partial charge in [0.1, 0.15) is 5.82 Å². The Morgan fingerprint density at radius 2 is 1.96 bits per heavy atom. The summed E-state index contributed by atoms with van der Waals surface area (Å²) in [7, 11) is 4.24. The first kappa shape index (κ1) is 22.9. The Morgan fingerprint density at radius 3 is 2.54 bits per heavy atom. The minimum absolute atomic E-state index is 0.0597. The molecule has 0 unspecified atom stereocenters. The summed E-state index contributed by atoms with van der Waals surface area (Å²) >= 11 is 6.27. The Morgan fingerprint density at radius 1 is 1.29 bits per heavy atom. The number of aliphatic imine (C=N–C) groups is 1. The van der Waals surface area contributed by atoms with Crippen molar-refractivity contribution in [2.24, 2.45) is 4.99 Å². The summed E-state index contributed by atoms with van der Waals surface area (Å²) in [5.74, 6) is 0.454. The molecule has 1 aromatic rings. The van der Waals surface area contributed by atoms with E-state index in [9.17, 15) is 4.39 Å². The normalized spacial score (nSPS) is 17.6. The van der Waals surface area contributed by atoms with Crippen LogP contribution in [0.2, 0.25) is 5.02 Å². The third kappa shape index (κ3) is 5.82. The standard InChI is InChI=1S/C21H34ClFN4O/c1-6-24-19(26-15-21(27(4)5)9-11-28-12-10-21)25-14-20(2,3)17-8-7-16(23)13-18(17)22/h7-8,13H,6,9-12,14-15H2,1-5H3,(H2,24,25,26). The highest BCUT2D eigenvalue weighted by molar-refractivity contribution is 6.31. The predicted molar refractivity (Wildman–Crippen MR) is 115 cm³/mol. The molecule has 2 rings (SSSR count). The molecule has 7 heteroatoms. The molecule has 1 aliphatic rings. The molecule has 0 atom stereocenters. The number of ether oxygens (including phenoxy) is 1. The molecule has 0 saturated carbocycles. The van der Waals surface area contributed by atoms with Gasteiger partial charge in [-0.05, 0) is 51.6 Å². The van der Waals surface area contributed by atoms with E-state index in [1.54, 1.807) is 6.07 Å².